The third-order valence-electron chi connectivity index (χ3n) is 2.37. The lowest BCUT2D eigenvalue weighted by molar-refractivity contribution is -0.807. The number of carbonyl (C=O) groups is 2. The average Bonchev–Trinajstić information content (AvgIpc) is 2.92. The molecule has 0 spiro atoms. The van der Waals surface area contributed by atoms with Gasteiger partial charge in [-0.25, -0.2) is 0 Å². The van der Waals surface area contributed by atoms with E-state index in [1.165, 1.54) is 13.8 Å². The fourth-order valence-corrected chi connectivity index (χ4v) is 1.23. The Hall–Kier alpha value is -3.18. The predicted octanol–water partition coefficient (Wildman–Crippen LogP) is -2.38. The van der Waals surface area contributed by atoms with Gasteiger partial charge >= 0.3 is 23.2 Å². The van der Waals surface area contributed by atoms with Crippen LogP contribution >= 0.6 is 0 Å². The van der Waals surface area contributed by atoms with E-state index < -0.39 is 11.8 Å². The van der Waals surface area contributed by atoms with E-state index in [4.69, 9.17) is 0 Å². The minimum Gasteiger partial charge on any atom is -0.359 e. The molecule has 12 heteroatoms. The van der Waals surface area contributed by atoms with Gasteiger partial charge in [-0.3, -0.25) is 29.7 Å². The Morgan fingerprint density at radius 2 is 1.30 bits per heavy atom. The molecule has 0 unspecified atom stereocenters. The lowest BCUT2D eigenvalue weighted by atomic mass is 10.3. The second-order valence-corrected chi connectivity index (χ2v) is 3.64. The van der Waals surface area contributed by atoms with E-state index >= 15 is 0 Å². The molecule has 0 aliphatic heterocycles. The van der Waals surface area contributed by atoms with Crippen molar-refractivity contribution in [3.8, 4) is 0 Å². The van der Waals surface area contributed by atoms with Crippen molar-refractivity contribution in [2.24, 2.45) is 0 Å². The first-order chi connectivity index (χ1) is 9.41. The largest absolute Gasteiger partial charge is 0.359 e. The van der Waals surface area contributed by atoms with Crippen LogP contribution in [0, 0.1) is 24.3 Å². The highest BCUT2D eigenvalue weighted by Crippen LogP contribution is 1.99. The number of amides is 2. The number of aromatic nitrogens is 4. The van der Waals surface area contributed by atoms with E-state index in [1.54, 1.807) is 0 Å². The molecule has 0 aliphatic carbocycles. The molecule has 2 N–H and O–H groups in total. The highest BCUT2D eigenvalue weighted by Gasteiger charge is 2.26. The first-order valence-corrected chi connectivity index (χ1v) is 5.15. The van der Waals surface area contributed by atoms with Crippen molar-refractivity contribution in [2.45, 2.75) is 13.8 Å². The Balaban J connectivity index is 2.02. The van der Waals surface area contributed by atoms with Crippen LogP contribution in [0.2, 0.25) is 0 Å². The number of nitrogens with zero attached hydrogens (tertiary/aromatic N) is 4. The van der Waals surface area contributed by atoms with Crippen LogP contribution in [0.3, 0.4) is 0 Å². The molecule has 2 aromatic heterocycles. The van der Waals surface area contributed by atoms with Gasteiger partial charge < -0.3 is 10.4 Å². The third kappa shape index (κ3) is 2.21. The second kappa shape index (κ2) is 4.83. The molecule has 2 heterocycles. The van der Waals surface area contributed by atoms with Gasteiger partial charge in [-0.05, 0) is 9.81 Å². The molecule has 0 fully saturated rings. The molecule has 2 amide bonds. The van der Waals surface area contributed by atoms with Gasteiger partial charge in [0.05, 0.1) is 10.3 Å². The van der Waals surface area contributed by atoms with Gasteiger partial charge in [-0.1, -0.05) is 0 Å². The van der Waals surface area contributed by atoms with E-state index in [0.717, 1.165) is 0 Å². The van der Waals surface area contributed by atoms with Gasteiger partial charge in [0.2, 0.25) is 11.4 Å². The summed E-state index contributed by atoms with van der Waals surface area (Å²) in [5.41, 5.74) is 3.22. The maximum atomic E-state index is 11.6. The van der Waals surface area contributed by atoms with E-state index in [9.17, 15) is 20.0 Å². The maximum absolute atomic E-state index is 11.6. The summed E-state index contributed by atoms with van der Waals surface area (Å²) in [6, 6.07) is 0. The highest BCUT2D eigenvalue weighted by atomic mass is 16.8. The van der Waals surface area contributed by atoms with Crippen molar-refractivity contribution < 1.29 is 28.7 Å². The van der Waals surface area contributed by atoms with Gasteiger partial charge in [0.25, 0.3) is 0 Å². The fourth-order valence-electron chi connectivity index (χ4n) is 1.23. The van der Waals surface area contributed by atoms with Crippen LogP contribution in [0.1, 0.15) is 32.4 Å². The van der Waals surface area contributed by atoms with Crippen molar-refractivity contribution in [1.82, 2.24) is 21.2 Å². The summed E-state index contributed by atoms with van der Waals surface area (Å²) in [7, 11) is 0. The lowest BCUT2D eigenvalue weighted by Gasteiger charge is -2.00. The van der Waals surface area contributed by atoms with Crippen molar-refractivity contribution in [3.05, 3.63) is 33.2 Å². The summed E-state index contributed by atoms with van der Waals surface area (Å²) < 4.78 is 8.39. The smallest absolute Gasteiger partial charge is 0.320 e. The quantitative estimate of drug-likeness (QED) is 0.455. The molecule has 0 aliphatic rings. The number of nitrogens with one attached hydrogen (secondary N) is 2. The normalized spacial score (nSPS) is 10.3. The summed E-state index contributed by atoms with van der Waals surface area (Å²) in [5.74, 6) is -1.74. The molecule has 0 aromatic carbocycles. The number of hydrogen-bond acceptors (Lipinski definition) is 8. The van der Waals surface area contributed by atoms with Crippen LogP contribution in [0.15, 0.2) is 9.26 Å². The molecule has 0 bridgehead atoms. The second-order valence-electron chi connectivity index (χ2n) is 3.64. The van der Waals surface area contributed by atoms with Gasteiger partial charge in [0, 0.05) is 13.8 Å². The maximum Gasteiger partial charge on any atom is 0.320 e. The Bertz CT molecular complexity index is 617. The summed E-state index contributed by atoms with van der Waals surface area (Å²) in [6.07, 6.45) is 0. The summed E-state index contributed by atoms with van der Waals surface area (Å²) in [4.78, 5) is 23.3. The van der Waals surface area contributed by atoms with Crippen LogP contribution in [0.4, 0.5) is 0 Å². The molecular weight excluding hydrogens is 276 g/mol. The van der Waals surface area contributed by atoms with Crippen LogP contribution in [-0.4, -0.2) is 22.1 Å². The molecule has 0 atom stereocenters. The van der Waals surface area contributed by atoms with Crippen LogP contribution in [0.25, 0.3) is 0 Å². The van der Waals surface area contributed by atoms with Gasteiger partial charge in [0.15, 0.2) is 0 Å². The Labute approximate surface area is 110 Å². The molecule has 2 aromatic rings. The first-order valence-electron chi connectivity index (χ1n) is 5.15. The predicted molar refractivity (Wildman–Crippen MR) is 55.3 cm³/mol. The molecule has 0 radical (unpaired) electrons. The molecule has 0 saturated carbocycles. The van der Waals surface area contributed by atoms with E-state index in [0.29, 0.717) is 0 Å². The zero-order chi connectivity index (χ0) is 14.9. The summed E-state index contributed by atoms with van der Waals surface area (Å²) >= 11 is 0. The zero-order valence-corrected chi connectivity index (χ0v) is 10.2. The van der Waals surface area contributed by atoms with E-state index in [2.05, 4.69) is 19.6 Å². The van der Waals surface area contributed by atoms with Crippen molar-refractivity contribution in [3.63, 3.8) is 0 Å². The van der Waals surface area contributed by atoms with Crippen LogP contribution in [-0.2, 0) is 0 Å². The number of hydrazine groups is 1. The Morgan fingerprint density at radius 3 is 1.55 bits per heavy atom. The molecule has 20 heavy (non-hydrogen) atoms. The minimum absolute atomic E-state index is 0.0405. The third-order valence-corrected chi connectivity index (χ3v) is 2.37. The van der Waals surface area contributed by atoms with E-state index in [1.807, 2.05) is 10.9 Å². The summed E-state index contributed by atoms with van der Waals surface area (Å²) in [5, 5.41) is 28.2. The molecule has 0 saturated heterocycles. The SMILES string of the molecule is Cc1c(C(=O)NNC(=O)c2no[n+]([O-])c2C)no[n+]1[O-]. The minimum atomic E-state index is -0.870. The van der Waals surface area contributed by atoms with Crippen LogP contribution in [0.5, 0.6) is 0 Å². The number of rotatable bonds is 2. The zero-order valence-electron chi connectivity index (χ0n) is 10.2. The van der Waals surface area contributed by atoms with E-state index in [-0.39, 0.29) is 32.6 Å². The van der Waals surface area contributed by atoms with Crippen molar-refractivity contribution in [2.75, 3.05) is 0 Å². The average molecular weight is 284 g/mol. The monoisotopic (exact) mass is 284 g/mol. The topological polar surface area (TPSA) is 164 Å². The van der Waals surface area contributed by atoms with Crippen LogP contribution < -0.4 is 20.7 Å². The summed E-state index contributed by atoms with van der Waals surface area (Å²) in [6.45, 7) is 2.62. The lowest BCUT2D eigenvalue weighted by Crippen LogP contribution is -2.43. The van der Waals surface area contributed by atoms with Gasteiger partial charge in [-0.2, -0.15) is 0 Å². The van der Waals surface area contributed by atoms with Gasteiger partial charge in [-0.15, -0.1) is 0 Å². The molecule has 12 nitrogen and oxygen atoms in total. The standard InChI is InChI=1S/C8H8N6O6/c1-3-5(11-19-13(3)17)7(15)9-10-8(16)6-4(2)14(18)20-12-6/h1-2H3,(H,9,15)(H,10,16). The number of hydrogen-bond donors (Lipinski definition) is 2. The van der Waals surface area contributed by atoms with Crippen molar-refractivity contribution >= 4 is 11.8 Å². The molecule has 106 valence electrons. The Kier molecular flexibility index (Phi) is 3.20. The fraction of sp³-hybridized carbons (Fsp3) is 0.250. The first kappa shape index (κ1) is 13.3. The number of carbonyl (C=O) groups excluding carboxylic acids is 2. The highest BCUT2D eigenvalue weighted by molar-refractivity contribution is 5.97. The van der Waals surface area contributed by atoms with Gasteiger partial charge in [0.1, 0.15) is 0 Å². The molecular formula is C8H8N6O6. The Morgan fingerprint density at radius 1 is 0.950 bits per heavy atom. The van der Waals surface area contributed by atoms with Crippen molar-refractivity contribution in [1.29, 1.82) is 0 Å². The molecule has 2 rings (SSSR count).